The number of hydrogen-bond acceptors (Lipinski definition) is 6. The van der Waals surface area contributed by atoms with Crippen LogP contribution in [-0.2, 0) is 28.6 Å². The summed E-state index contributed by atoms with van der Waals surface area (Å²) in [6.07, 6.45) is 103. The molecule has 1 atom stereocenters. The second-order valence-corrected chi connectivity index (χ2v) is 20.5. The van der Waals surface area contributed by atoms with Crippen molar-refractivity contribution in [3.8, 4) is 0 Å². The summed E-state index contributed by atoms with van der Waals surface area (Å²) in [6.45, 7) is 6.29. The second-order valence-electron chi connectivity index (χ2n) is 20.5. The molecule has 82 heavy (non-hydrogen) atoms. The topological polar surface area (TPSA) is 78.9 Å². The monoisotopic (exact) mass is 1120 g/mol. The summed E-state index contributed by atoms with van der Waals surface area (Å²) in [5, 5.41) is 0. The Morgan fingerprint density at radius 3 is 0.756 bits per heavy atom. The Hall–Kier alpha value is -5.75. The third-order valence-corrected chi connectivity index (χ3v) is 12.8. The van der Waals surface area contributed by atoms with Crippen molar-refractivity contribution in [1.82, 2.24) is 0 Å². The smallest absolute Gasteiger partial charge is 0.306 e. The Bertz CT molecular complexity index is 1970. The lowest BCUT2D eigenvalue weighted by Crippen LogP contribution is -2.30. The molecule has 6 heteroatoms. The minimum absolute atomic E-state index is 0.120. The van der Waals surface area contributed by atoms with Gasteiger partial charge in [-0.15, -0.1) is 0 Å². The van der Waals surface area contributed by atoms with Crippen molar-refractivity contribution in [2.75, 3.05) is 13.2 Å². The molecule has 6 nitrogen and oxygen atoms in total. The van der Waals surface area contributed by atoms with Gasteiger partial charge in [-0.2, -0.15) is 0 Å². The van der Waals surface area contributed by atoms with Crippen LogP contribution in [-0.4, -0.2) is 37.2 Å². The van der Waals surface area contributed by atoms with Crippen molar-refractivity contribution in [3.05, 3.63) is 194 Å². The summed E-state index contributed by atoms with van der Waals surface area (Å²) in [5.74, 6) is -1.01. The largest absolute Gasteiger partial charge is 0.462 e. The zero-order chi connectivity index (χ0) is 59.2. The van der Waals surface area contributed by atoms with Gasteiger partial charge < -0.3 is 14.2 Å². The summed E-state index contributed by atoms with van der Waals surface area (Å²) in [7, 11) is 0. The van der Waals surface area contributed by atoms with Gasteiger partial charge in [-0.25, -0.2) is 0 Å². The van der Waals surface area contributed by atoms with Crippen LogP contribution in [0.1, 0.15) is 245 Å². The van der Waals surface area contributed by atoms with E-state index in [1.807, 2.05) is 0 Å². The van der Waals surface area contributed by atoms with E-state index in [2.05, 4.69) is 215 Å². The predicted octanol–water partition coefficient (Wildman–Crippen LogP) is 22.6. The van der Waals surface area contributed by atoms with Gasteiger partial charge in [0, 0.05) is 19.3 Å². The van der Waals surface area contributed by atoms with Gasteiger partial charge in [-0.3, -0.25) is 14.4 Å². The minimum atomic E-state index is -0.829. The van der Waals surface area contributed by atoms with E-state index >= 15 is 0 Å². The number of ether oxygens (including phenoxy) is 3. The van der Waals surface area contributed by atoms with Gasteiger partial charge in [0.15, 0.2) is 6.10 Å². The molecule has 0 N–H and O–H groups in total. The van der Waals surface area contributed by atoms with E-state index in [4.69, 9.17) is 14.2 Å². The van der Waals surface area contributed by atoms with Gasteiger partial charge >= 0.3 is 17.9 Å². The van der Waals surface area contributed by atoms with E-state index in [-0.39, 0.29) is 37.5 Å². The summed E-state index contributed by atoms with van der Waals surface area (Å²) < 4.78 is 16.8. The number of allylic oxidation sites excluding steroid dienone is 32. The molecule has 0 aliphatic rings. The van der Waals surface area contributed by atoms with Gasteiger partial charge in [0.1, 0.15) is 13.2 Å². The maximum Gasteiger partial charge on any atom is 0.306 e. The average Bonchev–Trinajstić information content (AvgIpc) is 3.47. The van der Waals surface area contributed by atoms with Crippen molar-refractivity contribution < 1.29 is 28.6 Å². The third kappa shape index (κ3) is 65.1. The van der Waals surface area contributed by atoms with Crippen molar-refractivity contribution in [1.29, 1.82) is 0 Å². The maximum atomic E-state index is 12.9. The van der Waals surface area contributed by atoms with E-state index in [9.17, 15) is 14.4 Å². The first-order valence-electron chi connectivity index (χ1n) is 32.4. The molecular formula is C76H116O6. The zero-order valence-corrected chi connectivity index (χ0v) is 52.2. The van der Waals surface area contributed by atoms with E-state index in [0.717, 1.165) is 180 Å². The van der Waals surface area contributed by atoms with E-state index in [0.29, 0.717) is 19.3 Å². The number of esters is 3. The summed E-state index contributed by atoms with van der Waals surface area (Å²) in [6, 6.07) is 0. The molecule has 0 aromatic carbocycles. The molecular weight excluding hydrogens is 1010 g/mol. The first-order valence-corrected chi connectivity index (χ1v) is 32.4. The Kier molecular flexibility index (Phi) is 63.0. The highest BCUT2D eigenvalue weighted by atomic mass is 16.6. The average molecular weight is 1130 g/mol. The Morgan fingerprint density at radius 1 is 0.256 bits per heavy atom. The molecule has 1 unspecified atom stereocenters. The molecule has 0 fully saturated rings. The number of rotatable bonds is 56. The minimum Gasteiger partial charge on any atom is -0.462 e. The van der Waals surface area contributed by atoms with E-state index in [1.54, 1.807) is 0 Å². The van der Waals surface area contributed by atoms with Gasteiger partial charge in [0.2, 0.25) is 0 Å². The van der Waals surface area contributed by atoms with Crippen molar-refractivity contribution in [2.24, 2.45) is 0 Å². The lowest BCUT2D eigenvalue weighted by atomic mass is 10.1. The van der Waals surface area contributed by atoms with Crippen molar-refractivity contribution >= 4 is 17.9 Å². The summed E-state index contributed by atoms with van der Waals surface area (Å²) in [5.41, 5.74) is 0. The van der Waals surface area contributed by atoms with Crippen LogP contribution < -0.4 is 0 Å². The fourth-order valence-electron chi connectivity index (χ4n) is 8.01. The Balaban J connectivity index is 4.50. The molecule has 0 saturated carbocycles. The molecule has 0 aliphatic carbocycles. The maximum absolute atomic E-state index is 12.9. The van der Waals surface area contributed by atoms with Crippen molar-refractivity contribution in [3.63, 3.8) is 0 Å². The van der Waals surface area contributed by atoms with Crippen LogP contribution in [0.4, 0.5) is 0 Å². The first kappa shape index (κ1) is 76.2. The lowest BCUT2D eigenvalue weighted by molar-refractivity contribution is -0.167. The molecule has 0 aromatic rings. The normalized spacial score (nSPS) is 13.5. The second kappa shape index (κ2) is 67.8. The molecule has 0 aromatic heterocycles. The quantitative estimate of drug-likeness (QED) is 0.0261. The molecule has 0 aliphatic heterocycles. The molecule has 456 valence electrons. The van der Waals surface area contributed by atoms with Gasteiger partial charge in [-0.05, 0) is 161 Å². The molecule has 0 bridgehead atoms. The molecule has 0 saturated heterocycles. The highest BCUT2D eigenvalue weighted by Gasteiger charge is 2.19. The highest BCUT2D eigenvalue weighted by molar-refractivity contribution is 5.71. The fourth-order valence-corrected chi connectivity index (χ4v) is 8.01. The van der Waals surface area contributed by atoms with Gasteiger partial charge in [0.25, 0.3) is 0 Å². The van der Waals surface area contributed by atoms with Crippen molar-refractivity contribution in [2.45, 2.75) is 252 Å². The predicted molar refractivity (Wildman–Crippen MR) is 357 cm³/mol. The van der Waals surface area contributed by atoms with Gasteiger partial charge in [0.05, 0.1) is 0 Å². The molecule has 0 spiro atoms. The SMILES string of the molecule is CC/C=C\C/C=C\C/C=C\C/C=C\C/C=C\C/C=C\C/C=C\C/C=C\C/C=C\CCCCCC(=O)OCC(COC(=O)CCCCCCC/C=C\C/C=C\CCCC)OC(=O)CCCCC/C=C\C/C=C\C/C=C\C/C=C\C/C=C\CC. The first-order chi connectivity index (χ1) is 40.5. The molecule has 0 amide bonds. The number of unbranched alkanes of at least 4 members (excludes halogenated alkanes) is 13. The zero-order valence-electron chi connectivity index (χ0n) is 52.2. The lowest BCUT2D eigenvalue weighted by Gasteiger charge is -2.18. The molecule has 0 rings (SSSR count). The fraction of sp³-hybridized carbons (Fsp3) is 0.539. The van der Waals surface area contributed by atoms with Crippen LogP contribution in [0.15, 0.2) is 194 Å². The number of carbonyl (C=O) groups is 3. The highest BCUT2D eigenvalue weighted by Crippen LogP contribution is 2.12. The van der Waals surface area contributed by atoms with Crippen LogP contribution in [0.2, 0.25) is 0 Å². The van der Waals surface area contributed by atoms with Crippen LogP contribution in [0.5, 0.6) is 0 Å². The van der Waals surface area contributed by atoms with Gasteiger partial charge in [-0.1, -0.05) is 260 Å². The van der Waals surface area contributed by atoms with E-state index < -0.39 is 6.10 Å². The number of hydrogen-bond donors (Lipinski definition) is 0. The standard InChI is InChI=1S/C76H116O6/c1-4-7-10-13-16-19-22-25-28-30-32-33-34-35-36-37-38-39-40-41-42-43-45-46-48-51-54-57-60-63-66-69-75(78)81-72-73(71-80-74(77)68-65-62-59-56-53-50-27-24-21-18-15-12-9-6-3)82-76(79)70-67-64-61-58-55-52-49-47-44-31-29-26-23-20-17-14-11-8-5-2/h7-8,10-11,15-20,24-29,32-33,35-36,38-39,41-42,44-47,51-52,54-55,73H,4-6,9,12-14,21-23,30-31,34,37,40,43,48-50,53,56-72H2,1-3H3/b10-7-,11-8-,18-15-,19-16-,20-17-,27-24-,28-25-,29-26-,33-32-,36-35-,39-38-,42-41-,46-45-,47-44-,54-51-,55-52-. The van der Waals surface area contributed by atoms with Crippen LogP contribution in [0.3, 0.4) is 0 Å². The Labute approximate surface area is 503 Å². The Morgan fingerprint density at radius 2 is 0.476 bits per heavy atom. The molecule has 0 heterocycles. The van der Waals surface area contributed by atoms with Crippen LogP contribution >= 0.6 is 0 Å². The van der Waals surface area contributed by atoms with E-state index in [1.165, 1.54) is 19.3 Å². The summed E-state index contributed by atoms with van der Waals surface area (Å²) in [4.78, 5) is 38.3. The van der Waals surface area contributed by atoms with Crippen LogP contribution in [0.25, 0.3) is 0 Å². The number of carbonyl (C=O) groups excluding carboxylic acids is 3. The summed E-state index contributed by atoms with van der Waals surface area (Å²) >= 11 is 0. The third-order valence-electron chi connectivity index (χ3n) is 12.8. The van der Waals surface area contributed by atoms with Crippen LogP contribution in [0, 0.1) is 0 Å². The molecule has 0 radical (unpaired) electrons.